The van der Waals surface area contributed by atoms with Crippen molar-refractivity contribution in [3.8, 4) is 0 Å². The summed E-state index contributed by atoms with van der Waals surface area (Å²) in [5, 5.41) is 4.66. The van der Waals surface area contributed by atoms with Crippen LogP contribution in [0.3, 0.4) is 0 Å². The third-order valence-corrected chi connectivity index (χ3v) is 2.78. The van der Waals surface area contributed by atoms with Crippen LogP contribution in [0.1, 0.15) is 19.3 Å². The van der Waals surface area contributed by atoms with Crippen molar-refractivity contribution < 1.29 is 18.0 Å². The molecule has 1 saturated heterocycles. The maximum atomic E-state index is 11.8. The highest BCUT2D eigenvalue weighted by atomic mass is 19.4. The smallest absolute Gasteiger partial charge is 0.355 e. The van der Waals surface area contributed by atoms with E-state index in [9.17, 15) is 18.0 Å². The van der Waals surface area contributed by atoms with Gasteiger partial charge in [-0.15, -0.1) is 0 Å². The first-order chi connectivity index (χ1) is 8.47. The van der Waals surface area contributed by atoms with Gasteiger partial charge in [0.15, 0.2) is 0 Å². The minimum atomic E-state index is -4.27. The average molecular weight is 267 g/mol. The number of halogens is 3. The summed E-state index contributed by atoms with van der Waals surface area (Å²) >= 11 is 0. The lowest BCUT2D eigenvalue weighted by molar-refractivity contribution is -0.128. The van der Waals surface area contributed by atoms with Crippen molar-refractivity contribution in [3.05, 3.63) is 0 Å². The Balaban J connectivity index is 1.93. The Labute approximate surface area is 105 Å². The molecule has 18 heavy (non-hydrogen) atoms. The molecule has 0 aromatic rings. The third-order valence-electron chi connectivity index (χ3n) is 2.78. The second-order valence-corrected chi connectivity index (χ2v) is 4.47. The summed E-state index contributed by atoms with van der Waals surface area (Å²) in [5.41, 5.74) is 0. The number of nitrogens with zero attached hydrogens (tertiary/aromatic N) is 1. The zero-order valence-corrected chi connectivity index (χ0v) is 10.4. The van der Waals surface area contributed by atoms with Gasteiger partial charge in [0.05, 0.1) is 13.1 Å². The molecule has 1 amide bonds. The largest absolute Gasteiger partial charge is 0.401 e. The number of carbonyl (C=O) groups excluding carboxylic acids is 1. The van der Waals surface area contributed by atoms with E-state index in [-0.39, 0.29) is 12.5 Å². The van der Waals surface area contributed by atoms with Crippen molar-refractivity contribution >= 4 is 5.91 Å². The summed E-state index contributed by atoms with van der Waals surface area (Å²) in [6, 6.07) is 0. The molecule has 2 N–H and O–H groups in total. The minimum absolute atomic E-state index is 0.288. The highest BCUT2D eigenvalue weighted by Gasteiger charge is 2.26. The number of hydrogen-bond acceptors (Lipinski definition) is 3. The molecule has 0 aromatic carbocycles. The van der Waals surface area contributed by atoms with E-state index in [1.54, 1.807) is 0 Å². The Kier molecular flexibility index (Phi) is 6.42. The van der Waals surface area contributed by atoms with Crippen LogP contribution >= 0.6 is 0 Å². The van der Waals surface area contributed by atoms with Crippen LogP contribution in [0, 0.1) is 0 Å². The Bertz CT molecular complexity index is 252. The highest BCUT2D eigenvalue weighted by molar-refractivity contribution is 5.77. The van der Waals surface area contributed by atoms with E-state index < -0.39 is 12.7 Å². The molecular formula is C11H20F3N3O. The van der Waals surface area contributed by atoms with Crippen molar-refractivity contribution in [1.82, 2.24) is 15.5 Å². The average Bonchev–Trinajstić information content (AvgIpc) is 2.75. The van der Waals surface area contributed by atoms with Crippen LogP contribution in [0.4, 0.5) is 13.2 Å². The van der Waals surface area contributed by atoms with Gasteiger partial charge in [-0.05, 0) is 38.9 Å². The summed E-state index contributed by atoms with van der Waals surface area (Å²) in [5.74, 6) is -0.388. The van der Waals surface area contributed by atoms with Gasteiger partial charge in [-0.3, -0.25) is 4.79 Å². The van der Waals surface area contributed by atoms with Gasteiger partial charge >= 0.3 is 6.18 Å². The Morgan fingerprint density at radius 1 is 1.22 bits per heavy atom. The number of carbonyl (C=O) groups is 1. The van der Waals surface area contributed by atoms with Crippen molar-refractivity contribution in [3.63, 3.8) is 0 Å². The van der Waals surface area contributed by atoms with Crippen molar-refractivity contribution in [2.24, 2.45) is 0 Å². The van der Waals surface area contributed by atoms with Crippen LogP contribution in [0.15, 0.2) is 0 Å². The molecule has 4 nitrogen and oxygen atoms in total. The van der Waals surface area contributed by atoms with Crippen LogP contribution in [-0.4, -0.2) is 56.3 Å². The van der Waals surface area contributed by atoms with Crippen molar-refractivity contribution in [2.75, 3.05) is 39.3 Å². The molecule has 1 aliphatic rings. The zero-order valence-electron chi connectivity index (χ0n) is 10.4. The van der Waals surface area contributed by atoms with Crippen molar-refractivity contribution in [1.29, 1.82) is 0 Å². The monoisotopic (exact) mass is 267 g/mol. The van der Waals surface area contributed by atoms with Crippen LogP contribution in [0.25, 0.3) is 0 Å². The summed E-state index contributed by atoms with van der Waals surface area (Å²) < 4.78 is 35.4. The number of hydrogen-bond donors (Lipinski definition) is 2. The molecular weight excluding hydrogens is 247 g/mol. The second kappa shape index (κ2) is 7.58. The van der Waals surface area contributed by atoms with Gasteiger partial charge in [-0.25, -0.2) is 0 Å². The lowest BCUT2D eigenvalue weighted by Gasteiger charge is -2.14. The van der Waals surface area contributed by atoms with E-state index in [0.29, 0.717) is 6.54 Å². The summed E-state index contributed by atoms with van der Waals surface area (Å²) in [6.45, 7) is 2.26. The first-order valence-corrected chi connectivity index (χ1v) is 6.24. The van der Waals surface area contributed by atoms with E-state index in [4.69, 9.17) is 0 Å². The molecule has 1 aliphatic heterocycles. The molecule has 0 aromatic heterocycles. The molecule has 0 bridgehead atoms. The number of nitrogens with one attached hydrogen (secondary N) is 2. The zero-order chi connectivity index (χ0) is 13.4. The van der Waals surface area contributed by atoms with Crippen LogP contribution in [0.2, 0.25) is 0 Å². The number of amides is 1. The normalized spacial score (nSPS) is 17.1. The van der Waals surface area contributed by atoms with E-state index >= 15 is 0 Å². The number of likely N-dealkylation sites (tertiary alicyclic amines) is 1. The first kappa shape index (κ1) is 15.2. The van der Waals surface area contributed by atoms with Gasteiger partial charge in [0.25, 0.3) is 0 Å². The van der Waals surface area contributed by atoms with Crippen molar-refractivity contribution in [2.45, 2.75) is 25.4 Å². The summed E-state index contributed by atoms with van der Waals surface area (Å²) in [4.78, 5) is 13.5. The maximum absolute atomic E-state index is 11.8. The van der Waals surface area contributed by atoms with E-state index in [1.165, 1.54) is 12.8 Å². The fourth-order valence-corrected chi connectivity index (χ4v) is 1.92. The molecule has 0 radical (unpaired) electrons. The third kappa shape index (κ3) is 7.50. The standard InChI is InChI=1S/C11H20F3N3O/c12-11(13,14)9-15-8-10(18)16-4-3-7-17-5-1-2-6-17/h15H,1-9H2,(H,16,18). The summed E-state index contributed by atoms with van der Waals surface area (Å²) in [7, 11) is 0. The van der Waals surface area contributed by atoms with Crippen LogP contribution < -0.4 is 10.6 Å². The number of alkyl halides is 3. The van der Waals surface area contributed by atoms with Gasteiger partial charge in [0, 0.05) is 6.54 Å². The fraction of sp³-hybridized carbons (Fsp3) is 0.909. The molecule has 0 aliphatic carbocycles. The predicted octanol–water partition coefficient (Wildman–Crippen LogP) is 0.740. The Morgan fingerprint density at radius 3 is 2.50 bits per heavy atom. The van der Waals surface area contributed by atoms with Crippen LogP contribution in [-0.2, 0) is 4.79 Å². The van der Waals surface area contributed by atoms with Gasteiger partial charge < -0.3 is 15.5 Å². The fourth-order valence-electron chi connectivity index (χ4n) is 1.92. The SMILES string of the molecule is O=C(CNCC(F)(F)F)NCCCN1CCCC1. The highest BCUT2D eigenvalue weighted by Crippen LogP contribution is 2.11. The molecule has 1 fully saturated rings. The second-order valence-electron chi connectivity index (χ2n) is 4.47. The van der Waals surface area contributed by atoms with Gasteiger partial charge in [0.2, 0.25) is 5.91 Å². The molecule has 7 heteroatoms. The summed E-state index contributed by atoms with van der Waals surface area (Å²) in [6.07, 6.45) is -0.970. The lowest BCUT2D eigenvalue weighted by atomic mass is 10.4. The van der Waals surface area contributed by atoms with E-state index in [1.807, 2.05) is 0 Å². The minimum Gasteiger partial charge on any atom is -0.355 e. The van der Waals surface area contributed by atoms with E-state index in [0.717, 1.165) is 26.1 Å². The predicted molar refractivity (Wildman–Crippen MR) is 62.2 cm³/mol. The lowest BCUT2D eigenvalue weighted by Crippen LogP contribution is -2.39. The van der Waals surface area contributed by atoms with Gasteiger partial charge in [0.1, 0.15) is 0 Å². The Hall–Kier alpha value is -0.820. The molecule has 0 atom stereocenters. The number of rotatable bonds is 7. The molecule has 0 unspecified atom stereocenters. The van der Waals surface area contributed by atoms with Crippen LogP contribution in [0.5, 0.6) is 0 Å². The van der Waals surface area contributed by atoms with Gasteiger partial charge in [-0.1, -0.05) is 0 Å². The molecule has 106 valence electrons. The van der Waals surface area contributed by atoms with E-state index in [2.05, 4.69) is 15.5 Å². The Morgan fingerprint density at radius 2 is 1.89 bits per heavy atom. The van der Waals surface area contributed by atoms with Gasteiger partial charge in [-0.2, -0.15) is 13.2 Å². The molecule has 1 rings (SSSR count). The maximum Gasteiger partial charge on any atom is 0.401 e. The molecule has 0 saturated carbocycles. The first-order valence-electron chi connectivity index (χ1n) is 6.24. The quantitative estimate of drug-likeness (QED) is 0.669. The molecule has 0 spiro atoms. The molecule has 1 heterocycles. The topological polar surface area (TPSA) is 44.4 Å².